The summed E-state index contributed by atoms with van der Waals surface area (Å²) < 4.78 is 5.12. The standard InChI is InChI=1S/C17H14Cl2N2O2/c1-4-23-17(22)15-10(3)21-9(2)12(8-20)16(15)11-5-6-13(18)14(19)7-11/h5-7H,4H2,1-3H3. The van der Waals surface area contributed by atoms with Crippen molar-refractivity contribution in [3.63, 3.8) is 0 Å². The zero-order valence-corrected chi connectivity index (χ0v) is 14.4. The van der Waals surface area contributed by atoms with Crippen LogP contribution in [-0.4, -0.2) is 17.6 Å². The Morgan fingerprint density at radius 2 is 1.96 bits per heavy atom. The van der Waals surface area contributed by atoms with Crippen LogP contribution in [0.2, 0.25) is 10.0 Å². The fourth-order valence-corrected chi connectivity index (χ4v) is 2.68. The number of benzene rings is 1. The van der Waals surface area contributed by atoms with E-state index in [-0.39, 0.29) is 12.2 Å². The van der Waals surface area contributed by atoms with Gasteiger partial charge in [-0.05, 0) is 38.5 Å². The lowest BCUT2D eigenvalue weighted by Gasteiger charge is -2.15. The van der Waals surface area contributed by atoms with Gasteiger partial charge in [-0.1, -0.05) is 29.3 Å². The van der Waals surface area contributed by atoms with Crippen LogP contribution >= 0.6 is 23.2 Å². The molecule has 0 bridgehead atoms. The van der Waals surface area contributed by atoms with E-state index < -0.39 is 5.97 Å². The summed E-state index contributed by atoms with van der Waals surface area (Å²) in [6.45, 7) is 5.39. The maximum atomic E-state index is 12.4. The highest BCUT2D eigenvalue weighted by atomic mass is 35.5. The molecule has 1 heterocycles. The third-order valence-electron chi connectivity index (χ3n) is 3.36. The van der Waals surface area contributed by atoms with Gasteiger partial charge in [-0.2, -0.15) is 5.26 Å². The number of aryl methyl sites for hydroxylation is 2. The van der Waals surface area contributed by atoms with Crippen LogP contribution in [0.5, 0.6) is 0 Å². The SMILES string of the molecule is CCOC(=O)c1c(C)nc(C)c(C#N)c1-c1ccc(Cl)c(Cl)c1. The zero-order valence-electron chi connectivity index (χ0n) is 12.9. The van der Waals surface area contributed by atoms with Crippen molar-refractivity contribution in [3.8, 4) is 17.2 Å². The van der Waals surface area contributed by atoms with E-state index in [1.807, 2.05) is 0 Å². The van der Waals surface area contributed by atoms with Gasteiger partial charge in [-0.15, -0.1) is 0 Å². The second kappa shape index (κ2) is 6.99. The van der Waals surface area contributed by atoms with Crippen LogP contribution in [0.1, 0.15) is 34.2 Å². The van der Waals surface area contributed by atoms with Crippen molar-refractivity contribution in [1.29, 1.82) is 5.26 Å². The minimum absolute atomic E-state index is 0.231. The number of rotatable bonds is 3. The summed E-state index contributed by atoms with van der Waals surface area (Å²) in [7, 11) is 0. The van der Waals surface area contributed by atoms with Gasteiger partial charge in [0.15, 0.2) is 0 Å². The van der Waals surface area contributed by atoms with E-state index in [9.17, 15) is 10.1 Å². The molecule has 0 saturated carbocycles. The van der Waals surface area contributed by atoms with Gasteiger partial charge in [0.2, 0.25) is 0 Å². The molecule has 1 aromatic carbocycles. The first-order chi connectivity index (χ1) is 10.9. The van der Waals surface area contributed by atoms with E-state index in [1.165, 1.54) is 0 Å². The smallest absolute Gasteiger partial charge is 0.340 e. The molecule has 0 aliphatic carbocycles. The minimum atomic E-state index is -0.518. The molecule has 4 nitrogen and oxygen atoms in total. The summed E-state index contributed by atoms with van der Waals surface area (Å²) in [4.78, 5) is 16.7. The first kappa shape index (κ1) is 17.3. The maximum absolute atomic E-state index is 12.4. The summed E-state index contributed by atoms with van der Waals surface area (Å²) in [5, 5.41) is 10.3. The molecular weight excluding hydrogens is 335 g/mol. The summed E-state index contributed by atoms with van der Waals surface area (Å²) >= 11 is 12.0. The largest absolute Gasteiger partial charge is 0.462 e. The predicted octanol–water partition coefficient (Wildman–Crippen LogP) is 4.72. The molecule has 0 saturated heterocycles. The summed E-state index contributed by atoms with van der Waals surface area (Å²) in [6, 6.07) is 7.08. The van der Waals surface area contributed by atoms with Gasteiger partial charge in [0.1, 0.15) is 6.07 Å². The minimum Gasteiger partial charge on any atom is -0.462 e. The molecule has 0 unspecified atom stereocenters. The number of hydrogen-bond donors (Lipinski definition) is 0. The van der Waals surface area contributed by atoms with Crippen LogP contribution in [0.25, 0.3) is 11.1 Å². The molecule has 0 fully saturated rings. The first-order valence-electron chi connectivity index (χ1n) is 6.94. The number of pyridine rings is 1. The summed E-state index contributed by atoms with van der Waals surface area (Å²) in [5.41, 5.74) is 2.71. The Morgan fingerprint density at radius 3 is 2.52 bits per heavy atom. The van der Waals surface area contributed by atoms with Gasteiger partial charge in [-0.25, -0.2) is 4.79 Å². The van der Waals surface area contributed by atoms with Gasteiger partial charge in [0, 0.05) is 5.56 Å². The molecule has 0 N–H and O–H groups in total. The van der Waals surface area contributed by atoms with Gasteiger partial charge < -0.3 is 4.74 Å². The highest BCUT2D eigenvalue weighted by molar-refractivity contribution is 6.42. The quantitative estimate of drug-likeness (QED) is 0.752. The predicted molar refractivity (Wildman–Crippen MR) is 89.8 cm³/mol. The van der Waals surface area contributed by atoms with Gasteiger partial charge in [0.05, 0.1) is 39.2 Å². The number of nitrogens with zero attached hydrogens (tertiary/aromatic N) is 2. The van der Waals surface area contributed by atoms with Crippen molar-refractivity contribution < 1.29 is 9.53 Å². The van der Waals surface area contributed by atoms with Crippen LogP contribution < -0.4 is 0 Å². The van der Waals surface area contributed by atoms with Crippen molar-refractivity contribution in [3.05, 3.63) is 50.8 Å². The molecule has 1 aromatic heterocycles. The van der Waals surface area contributed by atoms with Crippen LogP contribution in [0.4, 0.5) is 0 Å². The Bertz CT molecular complexity index is 826. The zero-order chi connectivity index (χ0) is 17.1. The number of esters is 1. The maximum Gasteiger partial charge on any atom is 0.340 e. The molecule has 0 radical (unpaired) electrons. The number of halogens is 2. The van der Waals surface area contributed by atoms with E-state index in [0.29, 0.717) is 38.1 Å². The van der Waals surface area contributed by atoms with Crippen molar-refractivity contribution in [1.82, 2.24) is 4.98 Å². The molecule has 2 aromatic rings. The van der Waals surface area contributed by atoms with Crippen molar-refractivity contribution in [2.24, 2.45) is 0 Å². The number of ether oxygens (including phenoxy) is 1. The fraction of sp³-hybridized carbons (Fsp3) is 0.235. The first-order valence-corrected chi connectivity index (χ1v) is 7.70. The van der Waals surface area contributed by atoms with E-state index in [2.05, 4.69) is 11.1 Å². The number of carbonyl (C=O) groups excluding carboxylic acids is 1. The lowest BCUT2D eigenvalue weighted by atomic mass is 9.93. The lowest BCUT2D eigenvalue weighted by Crippen LogP contribution is -2.12. The summed E-state index contributed by atoms with van der Waals surface area (Å²) in [5.74, 6) is -0.518. The monoisotopic (exact) mass is 348 g/mol. The third kappa shape index (κ3) is 3.31. The van der Waals surface area contributed by atoms with E-state index in [1.54, 1.807) is 39.0 Å². The van der Waals surface area contributed by atoms with Gasteiger partial charge in [0.25, 0.3) is 0 Å². The molecule has 0 aliphatic rings. The van der Waals surface area contributed by atoms with Gasteiger partial charge in [-0.3, -0.25) is 4.98 Å². The Balaban J connectivity index is 2.85. The molecule has 0 amide bonds. The number of hydrogen-bond acceptors (Lipinski definition) is 4. The van der Waals surface area contributed by atoms with E-state index >= 15 is 0 Å². The topological polar surface area (TPSA) is 63.0 Å². The van der Waals surface area contributed by atoms with E-state index in [4.69, 9.17) is 27.9 Å². The molecule has 0 aliphatic heterocycles. The molecule has 0 spiro atoms. The fourth-order valence-electron chi connectivity index (χ4n) is 2.38. The highest BCUT2D eigenvalue weighted by Gasteiger charge is 2.23. The molecule has 2 rings (SSSR count). The van der Waals surface area contributed by atoms with Crippen LogP contribution in [-0.2, 0) is 4.74 Å². The second-order valence-corrected chi connectivity index (χ2v) is 5.68. The van der Waals surface area contributed by atoms with Crippen molar-refractivity contribution in [2.45, 2.75) is 20.8 Å². The average molecular weight is 349 g/mol. The summed E-state index contributed by atoms with van der Waals surface area (Å²) in [6.07, 6.45) is 0. The van der Waals surface area contributed by atoms with Crippen molar-refractivity contribution in [2.75, 3.05) is 6.61 Å². The normalized spacial score (nSPS) is 10.3. The number of nitriles is 1. The average Bonchev–Trinajstić information content (AvgIpc) is 2.49. The Labute approximate surface area is 144 Å². The molecule has 23 heavy (non-hydrogen) atoms. The van der Waals surface area contributed by atoms with Crippen molar-refractivity contribution >= 4 is 29.2 Å². The second-order valence-electron chi connectivity index (χ2n) is 4.87. The lowest BCUT2D eigenvalue weighted by molar-refractivity contribution is 0.0526. The molecule has 6 heteroatoms. The molecule has 118 valence electrons. The van der Waals surface area contributed by atoms with Gasteiger partial charge >= 0.3 is 5.97 Å². The van der Waals surface area contributed by atoms with Crippen LogP contribution in [0, 0.1) is 25.2 Å². The Morgan fingerprint density at radius 1 is 1.26 bits per heavy atom. The van der Waals surface area contributed by atoms with E-state index in [0.717, 1.165) is 0 Å². The molecule has 0 atom stereocenters. The Hall–Kier alpha value is -2.09. The Kier molecular flexibility index (Phi) is 5.25. The molecular formula is C17H14Cl2N2O2. The third-order valence-corrected chi connectivity index (χ3v) is 4.10. The highest BCUT2D eigenvalue weighted by Crippen LogP contribution is 2.34. The number of aromatic nitrogens is 1. The van der Waals surface area contributed by atoms with Crippen LogP contribution in [0.3, 0.4) is 0 Å². The number of carbonyl (C=O) groups is 1. The van der Waals surface area contributed by atoms with Crippen LogP contribution in [0.15, 0.2) is 18.2 Å².